The van der Waals surface area contributed by atoms with Crippen molar-refractivity contribution in [3.8, 4) is 0 Å². The summed E-state index contributed by atoms with van der Waals surface area (Å²) in [6, 6.07) is 10.6. The number of aliphatic imine (C=N–C) groups is 1. The Hall–Kier alpha value is -0.980. The zero-order chi connectivity index (χ0) is 15.6. The summed E-state index contributed by atoms with van der Waals surface area (Å²) in [7, 11) is 2.16. The van der Waals surface area contributed by atoms with Crippen molar-refractivity contribution in [2.45, 2.75) is 32.6 Å². The van der Waals surface area contributed by atoms with Crippen molar-refractivity contribution >= 4 is 35.6 Å². The van der Waals surface area contributed by atoms with Gasteiger partial charge in [0.1, 0.15) is 0 Å². The number of benzene rings is 1. The van der Waals surface area contributed by atoms with E-state index >= 15 is 0 Å². The number of hydrogen-bond donors (Lipinski definition) is 2. The number of para-hydroxylation sites is 1. The summed E-state index contributed by atoms with van der Waals surface area (Å²) in [4.78, 5) is 6.95. The topological polar surface area (TPSA) is 39.7 Å². The Kier molecular flexibility index (Phi) is 10.1. The van der Waals surface area contributed by atoms with Crippen LogP contribution in [0.25, 0.3) is 0 Å². The maximum atomic E-state index is 4.64. The number of unbranched alkanes of at least 4 members (excludes halogenated alkanes) is 1. The third-order valence-electron chi connectivity index (χ3n) is 3.96. The fraction of sp³-hybridized carbons (Fsp3) is 0.611. The van der Waals surface area contributed by atoms with Gasteiger partial charge < -0.3 is 15.5 Å². The number of hydrogen-bond acceptors (Lipinski definition) is 2. The molecule has 23 heavy (non-hydrogen) atoms. The molecule has 0 radical (unpaired) electrons. The summed E-state index contributed by atoms with van der Waals surface area (Å²) < 4.78 is 0. The van der Waals surface area contributed by atoms with Crippen LogP contribution in [0.2, 0.25) is 0 Å². The van der Waals surface area contributed by atoms with E-state index in [9.17, 15) is 0 Å². The average Bonchev–Trinajstić information content (AvgIpc) is 3.37. The second-order valence-electron chi connectivity index (χ2n) is 6.05. The van der Waals surface area contributed by atoms with Gasteiger partial charge in [-0.3, -0.25) is 4.99 Å². The first kappa shape index (κ1) is 20.1. The van der Waals surface area contributed by atoms with Gasteiger partial charge in [0.15, 0.2) is 5.96 Å². The quantitative estimate of drug-likeness (QED) is 0.273. The van der Waals surface area contributed by atoms with Crippen LogP contribution in [-0.2, 0) is 0 Å². The van der Waals surface area contributed by atoms with Gasteiger partial charge in [0.2, 0.25) is 0 Å². The summed E-state index contributed by atoms with van der Waals surface area (Å²) >= 11 is 0. The number of nitrogens with one attached hydrogen (secondary N) is 2. The van der Waals surface area contributed by atoms with E-state index in [0.717, 1.165) is 44.5 Å². The Morgan fingerprint density at radius 3 is 2.57 bits per heavy atom. The highest BCUT2D eigenvalue weighted by molar-refractivity contribution is 14.0. The van der Waals surface area contributed by atoms with E-state index in [0.29, 0.717) is 0 Å². The molecule has 0 bridgehead atoms. The van der Waals surface area contributed by atoms with Gasteiger partial charge >= 0.3 is 0 Å². The summed E-state index contributed by atoms with van der Waals surface area (Å²) in [5, 5.41) is 6.76. The molecular weight excluding hydrogens is 399 g/mol. The Bertz CT molecular complexity index is 446. The fourth-order valence-corrected chi connectivity index (χ4v) is 2.35. The van der Waals surface area contributed by atoms with Crippen LogP contribution in [0, 0.1) is 5.92 Å². The molecule has 0 amide bonds. The van der Waals surface area contributed by atoms with Crippen molar-refractivity contribution in [1.29, 1.82) is 0 Å². The Morgan fingerprint density at radius 2 is 1.91 bits per heavy atom. The lowest BCUT2D eigenvalue weighted by Crippen LogP contribution is -2.38. The molecule has 0 spiro atoms. The maximum absolute atomic E-state index is 4.64. The van der Waals surface area contributed by atoms with Crippen molar-refractivity contribution in [3.05, 3.63) is 30.3 Å². The molecule has 1 saturated carbocycles. The molecule has 0 aliphatic heterocycles. The van der Waals surface area contributed by atoms with E-state index in [1.807, 2.05) is 0 Å². The summed E-state index contributed by atoms with van der Waals surface area (Å²) in [6.45, 7) is 6.09. The summed E-state index contributed by atoms with van der Waals surface area (Å²) in [6.07, 6.45) is 5.05. The van der Waals surface area contributed by atoms with Crippen molar-refractivity contribution in [3.63, 3.8) is 0 Å². The molecule has 130 valence electrons. The third kappa shape index (κ3) is 8.44. The van der Waals surface area contributed by atoms with Crippen molar-refractivity contribution in [2.75, 3.05) is 38.1 Å². The predicted molar refractivity (Wildman–Crippen MR) is 111 cm³/mol. The molecular formula is C18H31IN4. The lowest BCUT2D eigenvalue weighted by molar-refractivity contribution is 0.685. The van der Waals surface area contributed by atoms with Crippen LogP contribution in [0.1, 0.15) is 32.6 Å². The molecule has 4 nitrogen and oxygen atoms in total. The smallest absolute Gasteiger partial charge is 0.191 e. The second kappa shape index (κ2) is 11.5. The Labute approximate surface area is 158 Å². The molecule has 5 heteroatoms. The SMILES string of the molecule is CCNC(=NCC1CC1)NCCCCN(C)c1ccccc1.I. The van der Waals surface area contributed by atoms with Gasteiger partial charge in [-0.1, -0.05) is 18.2 Å². The molecule has 2 N–H and O–H groups in total. The molecule has 0 aromatic heterocycles. The first-order valence-electron chi connectivity index (χ1n) is 8.58. The molecule has 1 aromatic rings. The van der Waals surface area contributed by atoms with Crippen molar-refractivity contribution in [1.82, 2.24) is 10.6 Å². The first-order chi connectivity index (χ1) is 10.8. The van der Waals surface area contributed by atoms with Gasteiger partial charge in [-0.25, -0.2) is 0 Å². The number of guanidine groups is 1. The molecule has 0 atom stereocenters. The van der Waals surface area contributed by atoms with Crippen LogP contribution in [0.5, 0.6) is 0 Å². The van der Waals surface area contributed by atoms with E-state index in [-0.39, 0.29) is 24.0 Å². The van der Waals surface area contributed by atoms with E-state index < -0.39 is 0 Å². The fourth-order valence-electron chi connectivity index (χ4n) is 2.35. The second-order valence-corrected chi connectivity index (χ2v) is 6.05. The van der Waals surface area contributed by atoms with Gasteiger partial charge in [0.25, 0.3) is 0 Å². The largest absolute Gasteiger partial charge is 0.375 e. The highest BCUT2D eigenvalue weighted by Crippen LogP contribution is 2.28. The van der Waals surface area contributed by atoms with Crippen LogP contribution >= 0.6 is 24.0 Å². The van der Waals surface area contributed by atoms with Gasteiger partial charge in [-0.15, -0.1) is 24.0 Å². The molecule has 1 fully saturated rings. The number of halogens is 1. The lowest BCUT2D eigenvalue weighted by atomic mass is 10.2. The van der Waals surface area contributed by atoms with E-state index in [2.05, 4.69) is 64.8 Å². The van der Waals surface area contributed by atoms with Crippen LogP contribution in [0.3, 0.4) is 0 Å². The number of anilines is 1. The van der Waals surface area contributed by atoms with Crippen molar-refractivity contribution < 1.29 is 0 Å². The normalized spacial score (nSPS) is 14.1. The van der Waals surface area contributed by atoms with Crippen LogP contribution in [-0.4, -0.2) is 39.2 Å². The molecule has 2 rings (SSSR count). The lowest BCUT2D eigenvalue weighted by Gasteiger charge is -2.19. The Balaban J connectivity index is 0.00000264. The number of rotatable bonds is 9. The zero-order valence-corrected chi connectivity index (χ0v) is 16.8. The molecule has 1 aliphatic carbocycles. The average molecular weight is 430 g/mol. The molecule has 0 saturated heterocycles. The van der Waals surface area contributed by atoms with Crippen LogP contribution < -0.4 is 15.5 Å². The van der Waals surface area contributed by atoms with Gasteiger partial charge in [0.05, 0.1) is 0 Å². The minimum Gasteiger partial charge on any atom is -0.375 e. The molecule has 0 heterocycles. The van der Waals surface area contributed by atoms with Crippen LogP contribution in [0.4, 0.5) is 5.69 Å². The molecule has 1 aliphatic rings. The summed E-state index contributed by atoms with van der Waals surface area (Å²) in [5.74, 6) is 1.82. The minimum atomic E-state index is 0. The van der Waals surface area contributed by atoms with Gasteiger partial charge in [-0.05, 0) is 50.7 Å². The standard InChI is InChI=1S/C18H30N4.HI/c1-3-19-18(21-15-16-11-12-16)20-13-7-8-14-22(2)17-9-5-4-6-10-17;/h4-6,9-10,16H,3,7-8,11-15H2,1-2H3,(H2,19,20,21);1H. The highest BCUT2D eigenvalue weighted by Gasteiger charge is 2.20. The van der Waals surface area contributed by atoms with E-state index in [1.165, 1.54) is 24.9 Å². The zero-order valence-electron chi connectivity index (χ0n) is 14.4. The summed E-state index contributed by atoms with van der Waals surface area (Å²) in [5.41, 5.74) is 1.29. The predicted octanol–water partition coefficient (Wildman–Crippen LogP) is 3.49. The Morgan fingerprint density at radius 1 is 1.17 bits per heavy atom. The minimum absolute atomic E-state index is 0. The van der Waals surface area contributed by atoms with E-state index in [1.54, 1.807) is 0 Å². The monoisotopic (exact) mass is 430 g/mol. The van der Waals surface area contributed by atoms with Crippen LogP contribution in [0.15, 0.2) is 35.3 Å². The highest BCUT2D eigenvalue weighted by atomic mass is 127. The number of nitrogens with zero attached hydrogens (tertiary/aromatic N) is 2. The van der Waals surface area contributed by atoms with Gasteiger partial charge in [-0.2, -0.15) is 0 Å². The van der Waals surface area contributed by atoms with Crippen molar-refractivity contribution in [2.24, 2.45) is 10.9 Å². The molecule has 1 aromatic carbocycles. The maximum Gasteiger partial charge on any atom is 0.191 e. The molecule has 0 unspecified atom stereocenters. The van der Waals surface area contributed by atoms with Gasteiger partial charge in [0, 0.05) is 38.9 Å². The first-order valence-corrected chi connectivity index (χ1v) is 8.58. The van der Waals surface area contributed by atoms with E-state index in [4.69, 9.17) is 0 Å². The third-order valence-corrected chi connectivity index (χ3v) is 3.96.